The maximum absolute atomic E-state index is 12.0. The molecule has 2 amide bonds. The first-order valence-corrected chi connectivity index (χ1v) is 6.79. The fraction of sp³-hybridized carbons (Fsp3) is 0.846. The van der Waals surface area contributed by atoms with E-state index in [1.807, 2.05) is 25.7 Å². The van der Waals surface area contributed by atoms with Gasteiger partial charge in [0.2, 0.25) is 11.8 Å². The lowest BCUT2D eigenvalue weighted by atomic mass is 10.0. The lowest BCUT2D eigenvalue weighted by Gasteiger charge is -2.34. The van der Waals surface area contributed by atoms with Gasteiger partial charge in [0, 0.05) is 25.6 Å². The monoisotopic (exact) mass is 255 g/mol. The minimum absolute atomic E-state index is 0.0327. The molecule has 1 heterocycles. The molecule has 0 saturated carbocycles. The standard InChI is InChI=1S/C13H25N3O2/c1-4-11(17)15-10-5-7-16(8-6-10)13(18)12(14)9(2)3/h9-10,12H,4-8,14H2,1-3H3,(H,15,17)/t12-/m1/s1. The fourth-order valence-corrected chi connectivity index (χ4v) is 2.07. The van der Waals surface area contributed by atoms with Crippen LogP contribution in [0.25, 0.3) is 0 Å². The zero-order valence-corrected chi connectivity index (χ0v) is 11.6. The summed E-state index contributed by atoms with van der Waals surface area (Å²) in [5.74, 6) is 0.277. The highest BCUT2D eigenvalue weighted by molar-refractivity contribution is 5.82. The molecule has 18 heavy (non-hydrogen) atoms. The molecule has 0 bridgehead atoms. The molecule has 1 fully saturated rings. The van der Waals surface area contributed by atoms with Crippen molar-refractivity contribution in [3.63, 3.8) is 0 Å². The van der Waals surface area contributed by atoms with Gasteiger partial charge >= 0.3 is 0 Å². The highest BCUT2D eigenvalue weighted by Gasteiger charge is 2.27. The van der Waals surface area contributed by atoms with Crippen LogP contribution in [0, 0.1) is 5.92 Å². The van der Waals surface area contributed by atoms with E-state index < -0.39 is 6.04 Å². The van der Waals surface area contributed by atoms with Gasteiger partial charge in [-0.3, -0.25) is 9.59 Å². The van der Waals surface area contributed by atoms with Crippen molar-refractivity contribution >= 4 is 11.8 Å². The third-order valence-corrected chi connectivity index (χ3v) is 3.50. The minimum Gasteiger partial charge on any atom is -0.353 e. The zero-order chi connectivity index (χ0) is 13.7. The van der Waals surface area contributed by atoms with Gasteiger partial charge in [0.1, 0.15) is 0 Å². The zero-order valence-electron chi connectivity index (χ0n) is 11.6. The Bertz CT molecular complexity index is 297. The predicted octanol–water partition coefficient (Wildman–Crippen LogP) is 0.487. The average Bonchev–Trinajstić information content (AvgIpc) is 2.37. The molecule has 0 spiro atoms. The smallest absolute Gasteiger partial charge is 0.239 e. The number of rotatable bonds is 4. The van der Waals surface area contributed by atoms with Gasteiger partial charge < -0.3 is 16.0 Å². The van der Waals surface area contributed by atoms with E-state index in [1.165, 1.54) is 0 Å². The highest BCUT2D eigenvalue weighted by atomic mass is 16.2. The van der Waals surface area contributed by atoms with Crippen LogP contribution in [0.4, 0.5) is 0 Å². The van der Waals surface area contributed by atoms with E-state index in [0.29, 0.717) is 19.5 Å². The SMILES string of the molecule is CCC(=O)NC1CCN(C(=O)[C@H](N)C(C)C)CC1. The topological polar surface area (TPSA) is 75.4 Å². The van der Waals surface area contributed by atoms with Crippen molar-refractivity contribution in [2.24, 2.45) is 11.7 Å². The molecule has 1 saturated heterocycles. The first-order valence-electron chi connectivity index (χ1n) is 6.79. The molecular formula is C13H25N3O2. The number of carbonyl (C=O) groups is 2. The number of likely N-dealkylation sites (tertiary alicyclic amines) is 1. The van der Waals surface area contributed by atoms with Crippen molar-refractivity contribution in [3.05, 3.63) is 0 Å². The van der Waals surface area contributed by atoms with E-state index in [9.17, 15) is 9.59 Å². The maximum atomic E-state index is 12.0. The number of nitrogens with two attached hydrogens (primary N) is 1. The Balaban J connectivity index is 2.39. The van der Waals surface area contributed by atoms with E-state index in [-0.39, 0.29) is 23.8 Å². The van der Waals surface area contributed by atoms with Gasteiger partial charge in [0.25, 0.3) is 0 Å². The van der Waals surface area contributed by atoms with Crippen LogP contribution in [0.3, 0.4) is 0 Å². The Hall–Kier alpha value is -1.10. The molecule has 5 heteroatoms. The molecule has 3 N–H and O–H groups in total. The Morgan fingerprint density at radius 1 is 1.33 bits per heavy atom. The summed E-state index contributed by atoms with van der Waals surface area (Å²) in [7, 11) is 0. The quantitative estimate of drug-likeness (QED) is 0.767. The molecular weight excluding hydrogens is 230 g/mol. The van der Waals surface area contributed by atoms with Crippen LogP contribution in [0.15, 0.2) is 0 Å². The van der Waals surface area contributed by atoms with Gasteiger partial charge in [-0.2, -0.15) is 0 Å². The van der Waals surface area contributed by atoms with Gasteiger partial charge in [0.15, 0.2) is 0 Å². The van der Waals surface area contributed by atoms with Gasteiger partial charge in [-0.05, 0) is 18.8 Å². The Morgan fingerprint density at radius 2 is 1.89 bits per heavy atom. The van der Waals surface area contributed by atoms with Crippen LogP contribution in [0.1, 0.15) is 40.0 Å². The molecule has 5 nitrogen and oxygen atoms in total. The Morgan fingerprint density at radius 3 is 2.33 bits per heavy atom. The van der Waals surface area contributed by atoms with Crippen molar-refractivity contribution in [1.29, 1.82) is 0 Å². The first kappa shape index (κ1) is 15.0. The number of piperidine rings is 1. The second kappa shape index (κ2) is 6.73. The number of hydrogen-bond donors (Lipinski definition) is 2. The van der Waals surface area contributed by atoms with E-state index in [1.54, 1.807) is 0 Å². The van der Waals surface area contributed by atoms with Crippen LogP contribution >= 0.6 is 0 Å². The summed E-state index contributed by atoms with van der Waals surface area (Å²) in [6, 6.07) is -0.205. The Kier molecular flexibility index (Phi) is 5.59. The summed E-state index contributed by atoms with van der Waals surface area (Å²) in [5, 5.41) is 2.97. The second-order valence-corrected chi connectivity index (χ2v) is 5.29. The van der Waals surface area contributed by atoms with Gasteiger partial charge in [0.05, 0.1) is 6.04 Å². The molecule has 1 atom stereocenters. The molecule has 0 radical (unpaired) electrons. The molecule has 104 valence electrons. The maximum Gasteiger partial charge on any atom is 0.239 e. The number of hydrogen-bond acceptors (Lipinski definition) is 3. The van der Waals surface area contributed by atoms with Crippen molar-refractivity contribution in [2.75, 3.05) is 13.1 Å². The molecule has 0 aliphatic carbocycles. The third kappa shape index (κ3) is 3.98. The summed E-state index contributed by atoms with van der Waals surface area (Å²) >= 11 is 0. The third-order valence-electron chi connectivity index (χ3n) is 3.50. The normalized spacial score (nSPS) is 18.8. The van der Waals surface area contributed by atoms with Crippen molar-refractivity contribution in [2.45, 2.75) is 52.1 Å². The van der Waals surface area contributed by atoms with Crippen molar-refractivity contribution in [3.8, 4) is 0 Å². The van der Waals surface area contributed by atoms with Crippen molar-refractivity contribution < 1.29 is 9.59 Å². The van der Waals surface area contributed by atoms with Crippen LogP contribution in [-0.2, 0) is 9.59 Å². The first-order chi connectivity index (χ1) is 8.45. The molecule has 0 aromatic heterocycles. The van der Waals surface area contributed by atoms with Crippen LogP contribution in [0.5, 0.6) is 0 Å². The highest BCUT2D eigenvalue weighted by Crippen LogP contribution is 2.13. The number of nitrogens with zero attached hydrogens (tertiary/aromatic N) is 1. The lowest BCUT2D eigenvalue weighted by Crippen LogP contribution is -2.52. The molecule has 0 aromatic rings. The summed E-state index contributed by atoms with van der Waals surface area (Å²) in [4.78, 5) is 25.1. The molecule has 1 rings (SSSR count). The average molecular weight is 255 g/mol. The summed E-state index contributed by atoms with van der Waals surface area (Å²) in [6.07, 6.45) is 2.15. The fourth-order valence-electron chi connectivity index (χ4n) is 2.07. The van der Waals surface area contributed by atoms with Gasteiger partial charge in [-0.1, -0.05) is 20.8 Å². The van der Waals surface area contributed by atoms with Crippen LogP contribution < -0.4 is 11.1 Å². The number of nitrogens with one attached hydrogen (secondary N) is 1. The van der Waals surface area contributed by atoms with E-state index in [4.69, 9.17) is 5.73 Å². The van der Waals surface area contributed by atoms with E-state index in [2.05, 4.69) is 5.32 Å². The van der Waals surface area contributed by atoms with Crippen LogP contribution in [-0.4, -0.2) is 41.9 Å². The summed E-state index contributed by atoms with van der Waals surface area (Å²) in [5.41, 5.74) is 5.87. The largest absolute Gasteiger partial charge is 0.353 e. The molecule has 1 aliphatic heterocycles. The minimum atomic E-state index is -0.410. The van der Waals surface area contributed by atoms with Crippen molar-refractivity contribution in [1.82, 2.24) is 10.2 Å². The predicted molar refractivity (Wildman–Crippen MR) is 70.8 cm³/mol. The van der Waals surface area contributed by atoms with Crippen LogP contribution in [0.2, 0.25) is 0 Å². The van der Waals surface area contributed by atoms with Gasteiger partial charge in [-0.15, -0.1) is 0 Å². The second-order valence-electron chi connectivity index (χ2n) is 5.29. The molecule has 0 unspecified atom stereocenters. The number of carbonyl (C=O) groups excluding carboxylic acids is 2. The molecule has 1 aliphatic rings. The van der Waals surface area contributed by atoms with E-state index >= 15 is 0 Å². The summed E-state index contributed by atoms with van der Waals surface area (Å²) in [6.45, 7) is 7.13. The number of amides is 2. The lowest BCUT2D eigenvalue weighted by molar-refractivity contribution is -0.134. The summed E-state index contributed by atoms with van der Waals surface area (Å²) < 4.78 is 0. The van der Waals surface area contributed by atoms with Gasteiger partial charge in [-0.25, -0.2) is 0 Å². The van der Waals surface area contributed by atoms with E-state index in [0.717, 1.165) is 12.8 Å². The Labute approximate surface area is 109 Å². The molecule has 0 aromatic carbocycles.